The van der Waals surface area contributed by atoms with Gasteiger partial charge in [0.2, 0.25) is 0 Å². The Morgan fingerprint density at radius 3 is 2.71 bits per heavy atom. The first kappa shape index (κ1) is 12.0. The summed E-state index contributed by atoms with van der Waals surface area (Å²) in [4.78, 5) is 0. The Morgan fingerprint density at radius 1 is 1.50 bits per heavy atom. The molecule has 0 aromatic heterocycles. The molecule has 0 fully saturated rings. The molecule has 14 heavy (non-hydrogen) atoms. The molecule has 0 spiro atoms. The second-order valence-corrected chi connectivity index (χ2v) is 4.69. The zero-order valence-electron chi connectivity index (χ0n) is 8.13. The SMILES string of the molecule is CCC(CO)Cc1ccc(Cl)cc1Br. The van der Waals surface area contributed by atoms with Crippen LogP contribution in [-0.4, -0.2) is 11.7 Å². The maximum Gasteiger partial charge on any atom is 0.0462 e. The van der Waals surface area contributed by atoms with E-state index in [1.165, 1.54) is 5.56 Å². The molecule has 0 saturated carbocycles. The quantitative estimate of drug-likeness (QED) is 0.890. The van der Waals surface area contributed by atoms with Crippen LogP contribution in [0.1, 0.15) is 18.9 Å². The standard InChI is InChI=1S/C11H14BrClO/c1-2-8(7-14)5-9-3-4-10(13)6-11(9)12/h3-4,6,8,14H,2,5,7H2,1H3. The van der Waals surface area contributed by atoms with Gasteiger partial charge in [-0.05, 0) is 30.0 Å². The molecule has 1 rings (SSSR count). The van der Waals surface area contributed by atoms with Crippen LogP contribution in [0.4, 0.5) is 0 Å². The molecule has 1 N–H and O–H groups in total. The van der Waals surface area contributed by atoms with Crippen LogP contribution < -0.4 is 0 Å². The molecule has 0 aliphatic rings. The van der Waals surface area contributed by atoms with E-state index >= 15 is 0 Å². The lowest BCUT2D eigenvalue weighted by Crippen LogP contribution is -2.08. The second-order valence-electron chi connectivity index (χ2n) is 3.40. The Hall–Kier alpha value is -0.0500. The fourth-order valence-corrected chi connectivity index (χ4v) is 2.18. The molecule has 1 aromatic carbocycles. The molecule has 0 amide bonds. The summed E-state index contributed by atoms with van der Waals surface area (Å²) >= 11 is 9.31. The van der Waals surface area contributed by atoms with Crippen molar-refractivity contribution in [3.63, 3.8) is 0 Å². The van der Waals surface area contributed by atoms with Crippen molar-refractivity contribution in [2.24, 2.45) is 5.92 Å². The highest BCUT2D eigenvalue weighted by molar-refractivity contribution is 9.10. The van der Waals surface area contributed by atoms with Gasteiger partial charge in [-0.15, -0.1) is 0 Å². The summed E-state index contributed by atoms with van der Waals surface area (Å²) in [6.07, 6.45) is 1.89. The Labute approximate surface area is 98.2 Å². The summed E-state index contributed by atoms with van der Waals surface area (Å²) in [5.74, 6) is 0.340. The third-order valence-electron chi connectivity index (χ3n) is 2.36. The summed E-state index contributed by atoms with van der Waals surface area (Å²) in [7, 11) is 0. The van der Waals surface area contributed by atoms with Gasteiger partial charge in [0.1, 0.15) is 0 Å². The van der Waals surface area contributed by atoms with Gasteiger partial charge < -0.3 is 5.11 Å². The molecule has 1 unspecified atom stereocenters. The molecule has 0 aliphatic heterocycles. The monoisotopic (exact) mass is 276 g/mol. The zero-order chi connectivity index (χ0) is 10.6. The van der Waals surface area contributed by atoms with Crippen molar-refractivity contribution in [3.05, 3.63) is 33.3 Å². The molecule has 0 aliphatic carbocycles. The Bertz CT molecular complexity index is 297. The molecule has 0 saturated heterocycles. The van der Waals surface area contributed by atoms with Crippen LogP contribution in [0.3, 0.4) is 0 Å². The Kier molecular flexibility index (Phi) is 4.93. The van der Waals surface area contributed by atoms with E-state index in [9.17, 15) is 0 Å². The van der Waals surface area contributed by atoms with E-state index in [4.69, 9.17) is 16.7 Å². The van der Waals surface area contributed by atoms with Crippen molar-refractivity contribution in [3.8, 4) is 0 Å². The summed E-state index contributed by atoms with van der Waals surface area (Å²) < 4.78 is 1.02. The maximum atomic E-state index is 9.09. The minimum absolute atomic E-state index is 0.242. The van der Waals surface area contributed by atoms with Crippen LogP contribution in [0.15, 0.2) is 22.7 Å². The first-order valence-electron chi connectivity index (χ1n) is 4.72. The van der Waals surface area contributed by atoms with Gasteiger partial charge in [-0.2, -0.15) is 0 Å². The third-order valence-corrected chi connectivity index (χ3v) is 3.33. The molecular weight excluding hydrogens is 263 g/mol. The van der Waals surface area contributed by atoms with Crippen LogP contribution in [0.5, 0.6) is 0 Å². The van der Waals surface area contributed by atoms with Gasteiger partial charge in [0.05, 0.1) is 0 Å². The van der Waals surface area contributed by atoms with Gasteiger partial charge in [-0.1, -0.05) is 46.9 Å². The van der Waals surface area contributed by atoms with Gasteiger partial charge in [-0.25, -0.2) is 0 Å². The number of halogens is 2. The summed E-state index contributed by atoms with van der Waals surface area (Å²) in [6, 6.07) is 5.78. The number of aliphatic hydroxyl groups is 1. The van der Waals surface area contributed by atoms with Crippen molar-refractivity contribution >= 4 is 27.5 Å². The summed E-state index contributed by atoms with van der Waals surface area (Å²) in [5.41, 5.74) is 1.20. The van der Waals surface area contributed by atoms with Crippen molar-refractivity contribution in [2.45, 2.75) is 19.8 Å². The van der Waals surface area contributed by atoms with Gasteiger partial charge in [0.15, 0.2) is 0 Å². The topological polar surface area (TPSA) is 20.2 Å². The van der Waals surface area contributed by atoms with E-state index in [1.807, 2.05) is 18.2 Å². The highest BCUT2D eigenvalue weighted by Crippen LogP contribution is 2.24. The van der Waals surface area contributed by atoms with Crippen molar-refractivity contribution in [1.82, 2.24) is 0 Å². The highest BCUT2D eigenvalue weighted by atomic mass is 79.9. The van der Waals surface area contributed by atoms with Crippen LogP contribution in [-0.2, 0) is 6.42 Å². The Morgan fingerprint density at radius 2 is 2.21 bits per heavy atom. The molecule has 0 heterocycles. The lowest BCUT2D eigenvalue weighted by Gasteiger charge is -2.12. The molecule has 3 heteroatoms. The average molecular weight is 278 g/mol. The van der Waals surface area contributed by atoms with Crippen LogP contribution in [0.2, 0.25) is 5.02 Å². The zero-order valence-corrected chi connectivity index (χ0v) is 10.5. The van der Waals surface area contributed by atoms with Gasteiger partial charge in [0.25, 0.3) is 0 Å². The first-order valence-corrected chi connectivity index (χ1v) is 5.89. The summed E-state index contributed by atoms with van der Waals surface area (Å²) in [5, 5.41) is 9.83. The second kappa shape index (κ2) is 5.74. The number of aliphatic hydroxyl groups excluding tert-OH is 1. The normalized spacial score (nSPS) is 12.9. The average Bonchev–Trinajstić information content (AvgIpc) is 2.17. The van der Waals surface area contributed by atoms with E-state index in [-0.39, 0.29) is 6.61 Å². The fraction of sp³-hybridized carbons (Fsp3) is 0.455. The van der Waals surface area contributed by atoms with E-state index in [0.29, 0.717) is 5.92 Å². The minimum Gasteiger partial charge on any atom is -0.396 e. The first-order chi connectivity index (χ1) is 6.67. The maximum absolute atomic E-state index is 9.09. The molecular formula is C11H14BrClO. The number of hydrogen-bond acceptors (Lipinski definition) is 1. The molecule has 0 radical (unpaired) electrons. The number of hydrogen-bond donors (Lipinski definition) is 1. The van der Waals surface area contributed by atoms with E-state index < -0.39 is 0 Å². The minimum atomic E-state index is 0.242. The number of benzene rings is 1. The summed E-state index contributed by atoms with van der Waals surface area (Å²) in [6.45, 7) is 2.33. The third kappa shape index (κ3) is 3.26. The molecule has 1 atom stereocenters. The smallest absolute Gasteiger partial charge is 0.0462 e. The lowest BCUT2D eigenvalue weighted by atomic mass is 9.98. The van der Waals surface area contributed by atoms with Crippen LogP contribution in [0.25, 0.3) is 0 Å². The van der Waals surface area contributed by atoms with Crippen LogP contribution >= 0.6 is 27.5 Å². The van der Waals surface area contributed by atoms with Crippen molar-refractivity contribution < 1.29 is 5.11 Å². The molecule has 78 valence electrons. The van der Waals surface area contributed by atoms with Gasteiger partial charge in [-0.3, -0.25) is 0 Å². The van der Waals surface area contributed by atoms with Crippen LogP contribution in [0, 0.1) is 5.92 Å². The predicted octanol–water partition coefficient (Wildman–Crippen LogP) is 3.66. The highest BCUT2D eigenvalue weighted by Gasteiger charge is 2.08. The van der Waals surface area contributed by atoms with Crippen molar-refractivity contribution in [2.75, 3.05) is 6.61 Å². The fourth-order valence-electron chi connectivity index (χ4n) is 1.34. The van der Waals surface area contributed by atoms with E-state index in [1.54, 1.807) is 0 Å². The van der Waals surface area contributed by atoms with E-state index in [2.05, 4.69) is 22.9 Å². The van der Waals surface area contributed by atoms with Crippen molar-refractivity contribution in [1.29, 1.82) is 0 Å². The predicted molar refractivity (Wildman–Crippen MR) is 63.7 cm³/mol. The number of rotatable bonds is 4. The largest absolute Gasteiger partial charge is 0.396 e. The molecule has 0 bridgehead atoms. The van der Waals surface area contributed by atoms with Gasteiger partial charge in [0, 0.05) is 16.1 Å². The van der Waals surface area contributed by atoms with E-state index in [0.717, 1.165) is 22.3 Å². The molecule has 1 nitrogen and oxygen atoms in total. The Balaban J connectivity index is 2.76. The molecule has 1 aromatic rings. The lowest BCUT2D eigenvalue weighted by molar-refractivity contribution is 0.222. The van der Waals surface area contributed by atoms with Gasteiger partial charge >= 0.3 is 0 Å².